The van der Waals surface area contributed by atoms with Gasteiger partial charge in [0.15, 0.2) is 5.82 Å². The third-order valence-corrected chi connectivity index (χ3v) is 3.32. The lowest BCUT2D eigenvalue weighted by molar-refractivity contribution is 0.414. The normalized spacial score (nSPS) is 10.7. The van der Waals surface area contributed by atoms with Gasteiger partial charge in [-0.15, -0.1) is 5.10 Å². The van der Waals surface area contributed by atoms with Crippen LogP contribution in [0.4, 0.5) is 5.82 Å². The molecule has 0 unspecified atom stereocenters. The first kappa shape index (κ1) is 12.4. The molecule has 100 valence electrons. The van der Waals surface area contributed by atoms with Crippen molar-refractivity contribution < 1.29 is 4.74 Å². The van der Waals surface area contributed by atoms with Gasteiger partial charge in [-0.2, -0.15) is 5.10 Å². The van der Waals surface area contributed by atoms with Gasteiger partial charge in [0, 0.05) is 17.2 Å². The molecule has 3 aromatic rings. The summed E-state index contributed by atoms with van der Waals surface area (Å²) in [4.78, 5) is 0. The number of nitrogen functional groups attached to an aromatic ring is 1. The highest BCUT2D eigenvalue weighted by Crippen LogP contribution is 2.23. The zero-order chi connectivity index (χ0) is 13.9. The van der Waals surface area contributed by atoms with Crippen LogP contribution in [-0.4, -0.2) is 17.3 Å². The molecule has 1 heterocycles. The van der Waals surface area contributed by atoms with Crippen LogP contribution in [0.2, 0.25) is 0 Å². The highest BCUT2D eigenvalue weighted by Gasteiger charge is 2.07. The summed E-state index contributed by atoms with van der Waals surface area (Å²) in [5.41, 5.74) is 7.96. The number of hydrogen-bond acceptors (Lipinski definition) is 4. The Hall–Kier alpha value is -2.62. The van der Waals surface area contributed by atoms with Gasteiger partial charge < -0.3 is 10.5 Å². The van der Waals surface area contributed by atoms with Gasteiger partial charge in [0.25, 0.3) is 0 Å². The second kappa shape index (κ2) is 5.17. The Balaban J connectivity index is 2.00. The van der Waals surface area contributed by atoms with Gasteiger partial charge in [-0.25, -0.2) is 0 Å². The van der Waals surface area contributed by atoms with Crippen LogP contribution in [0.5, 0.6) is 5.75 Å². The van der Waals surface area contributed by atoms with E-state index >= 15 is 0 Å². The third-order valence-electron chi connectivity index (χ3n) is 3.32. The van der Waals surface area contributed by atoms with E-state index in [1.54, 1.807) is 7.11 Å². The molecular formula is C16H15N3O. The average molecular weight is 265 g/mol. The summed E-state index contributed by atoms with van der Waals surface area (Å²) in [5, 5.41) is 10.3. The summed E-state index contributed by atoms with van der Waals surface area (Å²) in [6.45, 7) is 0. The van der Waals surface area contributed by atoms with E-state index < -0.39 is 0 Å². The summed E-state index contributed by atoms with van der Waals surface area (Å²) >= 11 is 0. The highest BCUT2D eigenvalue weighted by atomic mass is 16.5. The number of nitrogens with zero attached hydrogens (tertiary/aromatic N) is 2. The maximum Gasteiger partial charge on any atom is 0.153 e. The second-order valence-electron chi connectivity index (χ2n) is 4.60. The Kier molecular flexibility index (Phi) is 3.21. The summed E-state index contributed by atoms with van der Waals surface area (Å²) in [7, 11) is 1.66. The Labute approximate surface area is 117 Å². The number of benzene rings is 2. The van der Waals surface area contributed by atoms with Crippen LogP contribution < -0.4 is 10.5 Å². The monoisotopic (exact) mass is 265 g/mol. The number of anilines is 1. The fraction of sp³-hybridized carbons (Fsp3) is 0.125. The molecule has 4 heteroatoms. The standard InChI is InChI=1S/C16H15N3O/c1-20-12-8-6-11(7-9-12)10-15-13-4-2-3-5-14(13)16(17)19-18-15/h2-9H,10H2,1H3,(H2,17,19). The molecule has 0 atom stereocenters. The van der Waals surface area contributed by atoms with Crippen LogP contribution >= 0.6 is 0 Å². The maximum atomic E-state index is 5.87. The van der Waals surface area contributed by atoms with Crippen LogP contribution in [0.15, 0.2) is 48.5 Å². The molecule has 0 spiro atoms. The summed E-state index contributed by atoms with van der Waals surface area (Å²) < 4.78 is 5.16. The Morgan fingerprint density at radius 1 is 0.950 bits per heavy atom. The lowest BCUT2D eigenvalue weighted by Gasteiger charge is -2.07. The molecule has 0 amide bonds. The number of rotatable bonds is 3. The molecule has 0 aliphatic carbocycles. The van der Waals surface area contributed by atoms with E-state index in [4.69, 9.17) is 10.5 Å². The molecule has 0 radical (unpaired) electrons. The van der Waals surface area contributed by atoms with Crippen LogP contribution in [0, 0.1) is 0 Å². The molecule has 0 bridgehead atoms. The first-order valence-corrected chi connectivity index (χ1v) is 6.40. The van der Waals surface area contributed by atoms with Gasteiger partial charge in [0.2, 0.25) is 0 Å². The van der Waals surface area contributed by atoms with Crippen molar-refractivity contribution in [2.24, 2.45) is 0 Å². The molecule has 2 N–H and O–H groups in total. The van der Waals surface area contributed by atoms with Crippen molar-refractivity contribution in [3.05, 3.63) is 59.8 Å². The first-order chi connectivity index (χ1) is 9.78. The fourth-order valence-corrected chi connectivity index (χ4v) is 2.25. The molecule has 4 nitrogen and oxygen atoms in total. The van der Waals surface area contributed by atoms with Crippen LogP contribution in [0.25, 0.3) is 10.8 Å². The van der Waals surface area contributed by atoms with Gasteiger partial charge in [-0.1, -0.05) is 36.4 Å². The molecule has 20 heavy (non-hydrogen) atoms. The molecule has 2 aromatic carbocycles. The molecule has 0 saturated heterocycles. The lowest BCUT2D eigenvalue weighted by Crippen LogP contribution is -2.01. The van der Waals surface area contributed by atoms with Crippen molar-refractivity contribution in [1.29, 1.82) is 0 Å². The van der Waals surface area contributed by atoms with Crippen LogP contribution in [0.1, 0.15) is 11.3 Å². The maximum absolute atomic E-state index is 5.87. The summed E-state index contributed by atoms with van der Waals surface area (Å²) in [5.74, 6) is 1.32. The Bertz CT molecular complexity index is 738. The lowest BCUT2D eigenvalue weighted by atomic mass is 10.0. The van der Waals surface area contributed by atoms with E-state index in [1.165, 1.54) is 0 Å². The molecule has 1 aromatic heterocycles. The van der Waals surface area contributed by atoms with E-state index in [0.717, 1.165) is 34.2 Å². The van der Waals surface area contributed by atoms with Gasteiger partial charge in [0.05, 0.1) is 12.8 Å². The molecule has 0 aliphatic heterocycles. The molecule has 0 fully saturated rings. The fourth-order valence-electron chi connectivity index (χ4n) is 2.25. The predicted molar refractivity (Wildman–Crippen MR) is 79.8 cm³/mol. The number of fused-ring (bicyclic) bond motifs is 1. The Morgan fingerprint density at radius 3 is 2.35 bits per heavy atom. The van der Waals surface area contributed by atoms with Crippen LogP contribution in [-0.2, 0) is 6.42 Å². The van der Waals surface area contributed by atoms with E-state index in [0.29, 0.717) is 5.82 Å². The van der Waals surface area contributed by atoms with Crippen molar-refractivity contribution in [3.63, 3.8) is 0 Å². The van der Waals surface area contributed by atoms with Crippen molar-refractivity contribution in [2.75, 3.05) is 12.8 Å². The number of aromatic nitrogens is 2. The van der Waals surface area contributed by atoms with Gasteiger partial charge in [-0.3, -0.25) is 0 Å². The van der Waals surface area contributed by atoms with E-state index in [2.05, 4.69) is 10.2 Å². The van der Waals surface area contributed by atoms with E-state index in [-0.39, 0.29) is 0 Å². The van der Waals surface area contributed by atoms with Crippen molar-refractivity contribution in [3.8, 4) is 5.75 Å². The minimum Gasteiger partial charge on any atom is -0.497 e. The minimum atomic E-state index is 0.471. The molecule has 3 rings (SSSR count). The van der Waals surface area contributed by atoms with Crippen molar-refractivity contribution in [1.82, 2.24) is 10.2 Å². The second-order valence-corrected chi connectivity index (χ2v) is 4.60. The van der Waals surface area contributed by atoms with Crippen molar-refractivity contribution >= 4 is 16.6 Å². The average Bonchev–Trinajstić information content (AvgIpc) is 2.51. The molecule has 0 aliphatic rings. The first-order valence-electron chi connectivity index (χ1n) is 6.40. The topological polar surface area (TPSA) is 61.0 Å². The zero-order valence-corrected chi connectivity index (χ0v) is 11.2. The van der Waals surface area contributed by atoms with Crippen LogP contribution in [0.3, 0.4) is 0 Å². The SMILES string of the molecule is COc1ccc(Cc2nnc(N)c3ccccc23)cc1. The number of methoxy groups -OCH3 is 1. The number of hydrogen-bond donors (Lipinski definition) is 1. The van der Waals surface area contributed by atoms with Gasteiger partial charge in [0.1, 0.15) is 5.75 Å². The predicted octanol–water partition coefficient (Wildman–Crippen LogP) is 2.81. The molecular weight excluding hydrogens is 250 g/mol. The smallest absolute Gasteiger partial charge is 0.153 e. The number of nitrogens with two attached hydrogens (primary N) is 1. The third kappa shape index (κ3) is 2.28. The quantitative estimate of drug-likeness (QED) is 0.791. The zero-order valence-electron chi connectivity index (χ0n) is 11.2. The summed E-state index contributed by atoms with van der Waals surface area (Å²) in [6, 6.07) is 15.9. The highest BCUT2D eigenvalue weighted by molar-refractivity contribution is 5.92. The Morgan fingerprint density at radius 2 is 1.65 bits per heavy atom. The van der Waals surface area contributed by atoms with Gasteiger partial charge in [-0.05, 0) is 17.7 Å². The van der Waals surface area contributed by atoms with Gasteiger partial charge >= 0.3 is 0 Å². The van der Waals surface area contributed by atoms with E-state index in [9.17, 15) is 0 Å². The minimum absolute atomic E-state index is 0.471. The molecule has 0 saturated carbocycles. The largest absolute Gasteiger partial charge is 0.497 e. The summed E-state index contributed by atoms with van der Waals surface area (Å²) in [6.07, 6.45) is 0.720. The van der Waals surface area contributed by atoms with E-state index in [1.807, 2.05) is 48.5 Å². The van der Waals surface area contributed by atoms with Crippen molar-refractivity contribution in [2.45, 2.75) is 6.42 Å². The number of ether oxygens (including phenoxy) is 1.